The average molecular weight is 450 g/mol. The molecule has 0 radical (unpaired) electrons. The van der Waals surface area contributed by atoms with E-state index in [1.807, 2.05) is 6.26 Å². The van der Waals surface area contributed by atoms with Crippen molar-refractivity contribution >= 4 is 34.5 Å². The van der Waals surface area contributed by atoms with Crippen LogP contribution in [-0.2, 0) is 12.7 Å². The molecule has 0 spiro atoms. The van der Waals surface area contributed by atoms with Crippen LogP contribution in [-0.4, -0.2) is 51.5 Å². The number of thioether (sulfide) groups is 1. The monoisotopic (exact) mass is 450 g/mol. The first-order chi connectivity index (χ1) is 14.9. The summed E-state index contributed by atoms with van der Waals surface area (Å²) >= 11 is 1.45. The van der Waals surface area contributed by atoms with Crippen LogP contribution >= 0.6 is 11.8 Å². The van der Waals surface area contributed by atoms with Crippen LogP contribution in [0.15, 0.2) is 35.6 Å². The van der Waals surface area contributed by atoms with Gasteiger partial charge < -0.3 is 10.2 Å². The lowest BCUT2D eigenvalue weighted by molar-refractivity contribution is -0.137. The molecule has 31 heavy (non-hydrogen) atoms. The predicted molar refractivity (Wildman–Crippen MR) is 112 cm³/mol. The number of amides is 1. The summed E-state index contributed by atoms with van der Waals surface area (Å²) in [6.45, 7) is 2.41. The summed E-state index contributed by atoms with van der Waals surface area (Å²) in [6.07, 6.45) is 1.38. The molecule has 11 heteroatoms. The Kier molecular flexibility index (Phi) is 6.03. The van der Waals surface area contributed by atoms with Gasteiger partial charge in [0.2, 0.25) is 0 Å². The average Bonchev–Trinajstić information content (AvgIpc) is 3.43. The van der Waals surface area contributed by atoms with Gasteiger partial charge in [-0.05, 0) is 37.3 Å². The second-order valence-corrected chi connectivity index (χ2v) is 7.94. The van der Waals surface area contributed by atoms with E-state index in [4.69, 9.17) is 0 Å². The summed E-state index contributed by atoms with van der Waals surface area (Å²) in [5.41, 5.74) is -0.216. The maximum atomic E-state index is 12.9. The predicted octanol–water partition coefficient (Wildman–Crippen LogP) is 3.60. The molecule has 0 unspecified atom stereocenters. The number of rotatable bonds is 6. The number of carbonyl (C=O) groups is 1. The van der Waals surface area contributed by atoms with Crippen LogP contribution in [0.4, 0.5) is 19.0 Å². The quantitative estimate of drug-likeness (QED) is 0.457. The highest BCUT2D eigenvalue weighted by molar-refractivity contribution is 7.98. The highest BCUT2D eigenvalue weighted by Crippen LogP contribution is 2.30. The molecule has 1 aliphatic rings. The summed E-state index contributed by atoms with van der Waals surface area (Å²) in [6, 6.07) is 4.36. The van der Waals surface area contributed by atoms with Crippen molar-refractivity contribution in [1.29, 1.82) is 0 Å². The zero-order valence-electron chi connectivity index (χ0n) is 16.8. The zero-order valence-corrected chi connectivity index (χ0v) is 17.6. The molecule has 0 bridgehead atoms. The molecule has 1 aliphatic heterocycles. The Balaban J connectivity index is 1.48. The number of hydrogen-bond acceptors (Lipinski definition) is 6. The second kappa shape index (κ2) is 8.74. The Morgan fingerprint density at radius 1 is 1.23 bits per heavy atom. The van der Waals surface area contributed by atoms with Crippen LogP contribution < -0.4 is 10.2 Å². The van der Waals surface area contributed by atoms with E-state index >= 15 is 0 Å². The van der Waals surface area contributed by atoms with Crippen molar-refractivity contribution in [3.8, 4) is 0 Å². The number of aromatic nitrogens is 4. The summed E-state index contributed by atoms with van der Waals surface area (Å²) < 4.78 is 40.3. The van der Waals surface area contributed by atoms with Gasteiger partial charge in [-0.3, -0.25) is 4.79 Å². The Labute approximate surface area is 181 Å². The number of fused-ring (bicyclic) bond motifs is 1. The smallest absolute Gasteiger partial charge is 0.356 e. The van der Waals surface area contributed by atoms with E-state index in [1.54, 1.807) is 10.9 Å². The Morgan fingerprint density at radius 3 is 2.71 bits per heavy atom. The number of halogens is 3. The molecule has 1 saturated heterocycles. The standard InChI is InChI=1S/C20H21F3N6OS/c1-31-19-26-16(28-8-2-3-9-28)15-12-25-29(17(15)27-19)10-7-24-18(30)13-5-4-6-14(11-13)20(21,22)23/h4-6,11-12H,2-3,7-10H2,1H3,(H,24,30). The van der Waals surface area contributed by atoms with Gasteiger partial charge in [-0.25, -0.2) is 14.6 Å². The van der Waals surface area contributed by atoms with E-state index in [0.29, 0.717) is 17.3 Å². The minimum Gasteiger partial charge on any atom is -0.356 e. The van der Waals surface area contributed by atoms with Crippen molar-refractivity contribution in [1.82, 2.24) is 25.1 Å². The van der Waals surface area contributed by atoms with Crippen molar-refractivity contribution in [3.63, 3.8) is 0 Å². The van der Waals surface area contributed by atoms with Crippen molar-refractivity contribution in [3.05, 3.63) is 41.6 Å². The number of nitrogens with one attached hydrogen (secondary N) is 1. The number of benzene rings is 1. The molecule has 0 saturated carbocycles. The van der Waals surface area contributed by atoms with Gasteiger partial charge in [0.25, 0.3) is 5.91 Å². The topological polar surface area (TPSA) is 75.9 Å². The molecule has 3 heterocycles. The first kappa shape index (κ1) is 21.4. The van der Waals surface area contributed by atoms with Gasteiger partial charge in [-0.2, -0.15) is 18.3 Å². The molecule has 4 rings (SSSR count). The van der Waals surface area contributed by atoms with Crippen molar-refractivity contribution in [2.75, 3.05) is 30.8 Å². The van der Waals surface area contributed by atoms with Crippen LogP contribution in [0.25, 0.3) is 11.0 Å². The van der Waals surface area contributed by atoms with E-state index < -0.39 is 17.6 Å². The van der Waals surface area contributed by atoms with E-state index in [2.05, 4.69) is 25.3 Å². The first-order valence-electron chi connectivity index (χ1n) is 9.85. The Bertz CT molecular complexity index is 1090. The first-order valence-corrected chi connectivity index (χ1v) is 11.1. The lowest BCUT2D eigenvalue weighted by atomic mass is 10.1. The minimum atomic E-state index is -4.49. The van der Waals surface area contributed by atoms with Gasteiger partial charge in [0.15, 0.2) is 10.8 Å². The highest BCUT2D eigenvalue weighted by Gasteiger charge is 2.30. The molecule has 164 valence electrons. The normalized spacial score (nSPS) is 14.4. The molecule has 1 fully saturated rings. The Hall–Kier alpha value is -2.82. The molecule has 2 aromatic heterocycles. The third-order valence-electron chi connectivity index (χ3n) is 5.11. The third-order valence-corrected chi connectivity index (χ3v) is 5.65. The van der Waals surface area contributed by atoms with Crippen LogP contribution in [0.1, 0.15) is 28.8 Å². The maximum absolute atomic E-state index is 12.9. The van der Waals surface area contributed by atoms with Gasteiger partial charge in [0.05, 0.1) is 23.7 Å². The van der Waals surface area contributed by atoms with Crippen molar-refractivity contribution in [2.24, 2.45) is 0 Å². The van der Waals surface area contributed by atoms with Crippen LogP contribution in [0, 0.1) is 0 Å². The number of alkyl halides is 3. The van der Waals surface area contributed by atoms with Crippen molar-refractivity contribution < 1.29 is 18.0 Å². The molecular formula is C20H21F3N6OS. The van der Waals surface area contributed by atoms with Gasteiger partial charge >= 0.3 is 6.18 Å². The van der Waals surface area contributed by atoms with Crippen LogP contribution in [0.2, 0.25) is 0 Å². The van der Waals surface area contributed by atoms with Gasteiger partial charge in [-0.1, -0.05) is 17.8 Å². The fourth-order valence-corrected chi connectivity index (χ4v) is 3.92. The van der Waals surface area contributed by atoms with E-state index in [9.17, 15) is 18.0 Å². The molecule has 1 N–H and O–H groups in total. The molecular weight excluding hydrogens is 429 g/mol. The number of hydrogen-bond donors (Lipinski definition) is 1. The minimum absolute atomic E-state index is 0.0385. The number of anilines is 1. The van der Waals surface area contributed by atoms with E-state index in [-0.39, 0.29) is 12.1 Å². The molecule has 7 nitrogen and oxygen atoms in total. The summed E-state index contributed by atoms with van der Waals surface area (Å²) in [5.74, 6) is 0.297. The highest BCUT2D eigenvalue weighted by atomic mass is 32.2. The number of nitrogens with zero attached hydrogens (tertiary/aromatic N) is 5. The summed E-state index contributed by atoms with van der Waals surface area (Å²) in [5, 5.41) is 8.54. The van der Waals surface area contributed by atoms with Gasteiger partial charge in [0.1, 0.15) is 5.82 Å². The fourth-order valence-electron chi connectivity index (χ4n) is 3.56. The molecule has 3 aromatic rings. The van der Waals surface area contributed by atoms with Gasteiger partial charge in [-0.15, -0.1) is 0 Å². The number of carbonyl (C=O) groups excluding carboxylic acids is 1. The molecule has 0 atom stereocenters. The fraction of sp³-hybridized carbons (Fsp3) is 0.400. The summed E-state index contributed by atoms with van der Waals surface area (Å²) in [4.78, 5) is 23.8. The lowest BCUT2D eigenvalue weighted by Gasteiger charge is -2.17. The van der Waals surface area contributed by atoms with E-state index in [1.165, 1.54) is 23.9 Å². The lowest BCUT2D eigenvalue weighted by Crippen LogP contribution is -2.28. The SMILES string of the molecule is CSc1nc(N2CCCC2)c2cnn(CCNC(=O)c3cccc(C(F)(F)F)c3)c2n1. The maximum Gasteiger partial charge on any atom is 0.416 e. The van der Waals surface area contributed by atoms with Crippen LogP contribution in [0.5, 0.6) is 0 Å². The zero-order chi connectivity index (χ0) is 22.0. The molecule has 1 amide bonds. The Morgan fingerprint density at radius 2 is 2.00 bits per heavy atom. The molecule has 0 aliphatic carbocycles. The second-order valence-electron chi connectivity index (χ2n) is 7.17. The summed E-state index contributed by atoms with van der Waals surface area (Å²) in [7, 11) is 0. The largest absolute Gasteiger partial charge is 0.416 e. The van der Waals surface area contributed by atoms with E-state index in [0.717, 1.165) is 49.3 Å². The van der Waals surface area contributed by atoms with Crippen molar-refractivity contribution in [2.45, 2.75) is 30.7 Å². The van der Waals surface area contributed by atoms with Gasteiger partial charge in [0, 0.05) is 25.2 Å². The van der Waals surface area contributed by atoms with Crippen LogP contribution in [0.3, 0.4) is 0 Å². The third kappa shape index (κ3) is 4.60. The molecule has 1 aromatic carbocycles.